The second-order valence-corrected chi connectivity index (χ2v) is 6.21. The van der Waals surface area contributed by atoms with Crippen LogP contribution >= 0.6 is 11.6 Å². The monoisotopic (exact) mass is 285 g/mol. The lowest BCUT2D eigenvalue weighted by Gasteiger charge is -2.22. The Morgan fingerprint density at radius 3 is 2.63 bits per heavy atom. The van der Waals surface area contributed by atoms with Crippen molar-refractivity contribution in [3.63, 3.8) is 0 Å². The first-order valence-electron chi connectivity index (χ1n) is 6.63. The van der Waals surface area contributed by atoms with Gasteiger partial charge in [0.15, 0.2) is 0 Å². The average Bonchev–Trinajstić information content (AvgIpc) is 2.26. The molecule has 108 valence electrons. The van der Waals surface area contributed by atoms with Gasteiger partial charge in [-0.2, -0.15) is 0 Å². The predicted octanol–water partition coefficient (Wildman–Crippen LogP) is 3.38. The van der Waals surface area contributed by atoms with Crippen LogP contribution in [0, 0.1) is 0 Å². The Morgan fingerprint density at radius 1 is 1.37 bits per heavy atom. The molecule has 1 rings (SSSR count). The Kier molecular flexibility index (Phi) is 6.11. The van der Waals surface area contributed by atoms with Crippen molar-refractivity contribution in [2.45, 2.75) is 52.3 Å². The third-order valence-electron chi connectivity index (χ3n) is 2.66. The molecule has 0 aromatic heterocycles. The number of rotatable bonds is 6. The summed E-state index contributed by atoms with van der Waals surface area (Å²) in [5.74, 6) is 0.782. The summed E-state index contributed by atoms with van der Waals surface area (Å²) in [6, 6.07) is 5.65. The van der Waals surface area contributed by atoms with E-state index in [9.17, 15) is 5.11 Å². The topological polar surface area (TPSA) is 41.5 Å². The van der Waals surface area contributed by atoms with Crippen LogP contribution in [0.3, 0.4) is 0 Å². The minimum atomic E-state index is -0.352. The number of hydrogen-bond donors (Lipinski definition) is 2. The number of ether oxygens (including phenoxy) is 1. The SMILES string of the molecule is CC(O)CCOc1cccc(Cl)c1CNC(C)(C)C. The van der Waals surface area contributed by atoms with Crippen LogP contribution in [-0.2, 0) is 6.54 Å². The molecular formula is C15H24ClNO2. The standard InChI is InChI=1S/C15H24ClNO2/c1-11(18)8-9-19-14-7-5-6-13(16)12(14)10-17-15(2,3)4/h5-7,11,17-18H,8-10H2,1-4H3. The number of aliphatic hydroxyl groups is 1. The molecule has 0 fully saturated rings. The van der Waals surface area contributed by atoms with E-state index in [1.807, 2.05) is 18.2 Å². The van der Waals surface area contributed by atoms with Crippen molar-refractivity contribution in [3.05, 3.63) is 28.8 Å². The molecule has 1 aromatic carbocycles. The van der Waals surface area contributed by atoms with E-state index in [2.05, 4.69) is 26.1 Å². The number of benzene rings is 1. The summed E-state index contributed by atoms with van der Waals surface area (Å²) in [7, 11) is 0. The normalized spacial score (nSPS) is 13.4. The number of hydrogen-bond acceptors (Lipinski definition) is 3. The average molecular weight is 286 g/mol. The van der Waals surface area contributed by atoms with Crippen molar-refractivity contribution in [3.8, 4) is 5.75 Å². The molecule has 0 aliphatic heterocycles. The van der Waals surface area contributed by atoms with Crippen molar-refractivity contribution < 1.29 is 9.84 Å². The summed E-state index contributed by atoms with van der Waals surface area (Å²) in [6.45, 7) is 9.23. The van der Waals surface area contributed by atoms with Crippen molar-refractivity contribution >= 4 is 11.6 Å². The molecule has 0 aliphatic carbocycles. The fourth-order valence-electron chi connectivity index (χ4n) is 1.54. The van der Waals surface area contributed by atoms with Crippen LogP contribution in [0.5, 0.6) is 5.75 Å². The van der Waals surface area contributed by atoms with Crippen molar-refractivity contribution in [2.75, 3.05) is 6.61 Å². The van der Waals surface area contributed by atoms with Gasteiger partial charge in [0.25, 0.3) is 0 Å². The molecule has 0 saturated carbocycles. The molecule has 0 bridgehead atoms. The van der Waals surface area contributed by atoms with Gasteiger partial charge in [0.05, 0.1) is 12.7 Å². The van der Waals surface area contributed by atoms with Crippen molar-refractivity contribution in [1.82, 2.24) is 5.32 Å². The van der Waals surface area contributed by atoms with E-state index in [1.54, 1.807) is 6.92 Å². The second kappa shape index (κ2) is 7.13. The maximum absolute atomic E-state index is 9.25. The predicted molar refractivity (Wildman–Crippen MR) is 79.8 cm³/mol. The van der Waals surface area contributed by atoms with Gasteiger partial charge in [0.1, 0.15) is 5.75 Å². The summed E-state index contributed by atoms with van der Waals surface area (Å²) >= 11 is 6.23. The summed E-state index contributed by atoms with van der Waals surface area (Å²) < 4.78 is 5.71. The quantitative estimate of drug-likeness (QED) is 0.842. The van der Waals surface area contributed by atoms with Gasteiger partial charge >= 0.3 is 0 Å². The van der Waals surface area contributed by atoms with Gasteiger partial charge in [-0.05, 0) is 39.8 Å². The molecule has 2 N–H and O–H groups in total. The van der Waals surface area contributed by atoms with Crippen molar-refractivity contribution in [1.29, 1.82) is 0 Å². The molecule has 1 unspecified atom stereocenters. The lowest BCUT2D eigenvalue weighted by molar-refractivity contribution is 0.155. The summed E-state index contributed by atoms with van der Waals surface area (Å²) in [5, 5.41) is 13.4. The van der Waals surface area contributed by atoms with Gasteiger partial charge in [0.2, 0.25) is 0 Å². The third kappa shape index (κ3) is 6.28. The molecule has 0 saturated heterocycles. The molecule has 4 heteroatoms. The Balaban J connectivity index is 2.72. The highest BCUT2D eigenvalue weighted by Gasteiger charge is 2.13. The van der Waals surface area contributed by atoms with Gasteiger partial charge in [0, 0.05) is 29.1 Å². The van der Waals surface area contributed by atoms with E-state index >= 15 is 0 Å². The molecule has 0 spiro atoms. The first-order chi connectivity index (χ1) is 8.79. The third-order valence-corrected chi connectivity index (χ3v) is 3.02. The van der Waals surface area contributed by atoms with E-state index in [1.165, 1.54) is 0 Å². The van der Waals surface area contributed by atoms with Crippen LogP contribution in [0.25, 0.3) is 0 Å². The maximum atomic E-state index is 9.25. The zero-order chi connectivity index (χ0) is 14.5. The highest BCUT2D eigenvalue weighted by atomic mass is 35.5. The zero-order valence-corrected chi connectivity index (χ0v) is 12.9. The van der Waals surface area contributed by atoms with Gasteiger partial charge in [-0.3, -0.25) is 0 Å². The fraction of sp³-hybridized carbons (Fsp3) is 0.600. The van der Waals surface area contributed by atoms with Crippen LogP contribution in [0.4, 0.5) is 0 Å². The minimum Gasteiger partial charge on any atom is -0.493 e. The van der Waals surface area contributed by atoms with E-state index in [0.29, 0.717) is 24.6 Å². The Bertz CT molecular complexity index is 400. The summed E-state index contributed by atoms with van der Waals surface area (Å²) in [6.07, 6.45) is 0.258. The minimum absolute atomic E-state index is 0.0239. The number of halogens is 1. The molecule has 0 radical (unpaired) electrons. The molecular weight excluding hydrogens is 262 g/mol. The highest BCUT2D eigenvalue weighted by molar-refractivity contribution is 6.31. The molecule has 0 heterocycles. The Labute approximate surface area is 120 Å². The fourth-order valence-corrected chi connectivity index (χ4v) is 1.77. The molecule has 19 heavy (non-hydrogen) atoms. The number of nitrogens with one attached hydrogen (secondary N) is 1. The Morgan fingerprint density at radius 2 is 2.05 bits per heavy atom. The zero-order valence-electron chi connectivity index (χ0n) is 12.2. The second-order valence-electron chi connectivity index (χ2n) is 5.81. The molecule has 0 amide bonds. The first kappa shape index (κ1) is 16.3. The molecule has 0 aliphatic rings. The van der Waals surface area contributed by atoms with Crippen molar-refractivity contribution in [2.24, 2.45) is 0 Å². The largest absolute Gasteiger partial charge is 0.493 e. The number of aliphatic hydroxyl groups excluding tert-OH is 1. The molecule has 3 nitrogen and oxygen atoms in total. The summed E-state index contributed by atoms with van der Waals surface area (Å²) in [5.41, 5.74) is 0.987. The lowest BCUT2D eigenvalue weighted by Crippen LogP contribution is -2.35. The maximum Gasteiger partial charge on any atom is 0.125 e. The van der Waals surface area contributed by atoms with Gasteiger partial charge in [-0.1, -0.05) is 17.7 Å². The van der Waals surface area contributed by atoms with Crippen LogP contribution in [0.15, 0.2) is 18.2 Å². The van der Waals surface area contributed by atoms with Gasteiger partial charge in [-0.15, -0.1) is 0 Å². The van der Waals surface area contributed by atoms with Gasteiger partial charge in [-0.25, -0.2) is 0 Å². The smallest absolute Gasteiger partial charge is 0.125 e. The highest BCUT2D eigenvalue weighted by Crippen LogP contribution is 2.27. The summed E-state index contributed by atoms with van der Waals surface area (Å²) in [4.78, 5) is 0. The van der Waals surface area contributed by atoms with E-state index < -0.39 is 0 Å². The van der Waals surface area contributed by atoms with Crippen LogP contribution in [0.2, 0.25) is 5.02 Å². The molecule has 1 aromatic rings. The lowest BCUT2D eigenvalue weighted by atomic mass is 10.1. The van der Waals surface area contributed by atoms with Gasteiger partial charge < -0.3 is 15.2 Å². The van der Waals surface area contributed by atoms with E-state index in [4.69, 9.17) is 16.3 Å². The van der Waals surface area contributed by atoms with Crippen LogP contribution in [0.1, 0.15) is 39.7 Å². The first-order valence-corrected chi connectivity index (χ1v) is 7.00. The Hall–Kier alpha value is -0.770. The van der Waals surface area contributed by atoms with Crippen LogP contribution in [-0.4, -0.2) is 23.4 Å². The van der Waals surface area contributed by atoms with E-state index in [-0.39, 0.29) is 11.6 Å². The molecule has 1 atom stereocenters. The van der Waals surface area contributed by atoms with Crippen LogP contribution < -0.4 is 10.1 Å². The van der Waals surface area contributed by atoms with E-state index in [0.717, 1.165) is 11.3 Å².